The molecule has 0 saturated heterocycles. The molecule has 142 valence electrons. The predicted molar refractivity (Wildman–Crippen MR) is 109 cm³/mol. The lowest BCUT2D eigenvalue weighted by Gasteiger charge is -2.01. The van der Waals surface area contributed by atoms with Crippen molar-refractivity contribution in [2.24, 2.45) is 5.73 Å². The molecule has 1 heterocycles. The molecule has 4 nitrogen and oxygen atoms in total. The molecule has 0 atom stereocenters. The first-order valence-electron chi connectivity index (χ1n) is 7.50. The smallest absolute Gasteiger partial charge is 0.254 e. The zero-order chi connectivity index (χ0) is 20.1. The van der Waals surface area contributed by atoms with Gasteiger partial charge in [0.05, 0.1) is 14.8 Å². The Morgan fingerprint density at radius 3 is 2.44 bits per heavy atom. The van der Waals surface area contributed by atoms with Gasteiger partial charge in [-0.15, -0.1) is 11.3 Å². The SMILES string of the molecule is Cc1ccccc1-c1nc(CBr)sc1Br.NC(=O)c1c(F)ccc(O)c1F. The summed E-state index contributed by atoms with van der Waals surface area (Å²) < 4.78 is 26.5. The number of halogens is 4. The van der Waals surface area contributed by atoms with Crippen LogP contribution in [0.4, 0.5) is 8.78 Å². The topological polar surface area (TPSA) is 76.2 Å². The number of carbonyl (C=O) groups is 1. The number of alkyl halides is 1. The van der Waals surface area contributed by atoms with Gasteiger partial charge < -0.3 is 10.8 Å². The fourth-order valence-electron chi connectivity index (χ4n) is 2.17. The van der Waals surface area contributed by atoms with Gasteiger partial charge in [0.1, 0.15) is 16.4 Å². The van der Waals surface area contributed by atoms with Crippen molar-refractivity contribution >= 4 is 49.1 Å². The molecule has 1 aromatic heterocycles. The highest BCUT2D eigenvalue weighted by atomic mass is 79.9. The number of primary amides is 1. The normalized spacial score (nSPS) is 10.3. The van der Waals surface area contributed by atoms with Gasteiger partial charge in [0, 0.05) is 5.56 Å². The molecule has 3 rings (SSSR count). The summed E-state index contributed by atoms with van der Waals surface area (Å²) in [4.78, 5) is 15.0. The Balaban J connectivity index is 0.000000199. The second-order valence-electron chi connectivity index (χ2n) is 5.30. The summed E-state index contributed by atoms with van der Waals surface area (Å²) in [5.41, 5.74) is 7.24. The fourth-order valence-corrected chi connectivity index (χ4v) is 4.15. The number of aromatic nitrogens is 1. The van der Waals surface area contributed by atoms with Crippen molar-refractivity contribution in [1.82, 2.24) is 4.98 Å². The van der Waals surface area contributed by atoms with Crippen LogP contribution in [0.1, 0.15) is 20.9 Å². The van der Waals surface area contributed by atoms with Crippen molar-refractivity contribution in [1.29, 1.82) is 0 Å². The Hall–Kier alpha value is -1.84. The molecule has 0 fully saturated rings. The average Bonchev–Trinajstić information content (AvgIpc) is 3.00. The molecule has 0 spiro atoms. The van der Waals surface area contributed by atoms with Crippen LogP contribution >= 0.6 is 43.2 Å². The van der Waals surface area contributed by atoms with Crippen molar-refractivity contribution in [3.8, 4) is 17.0 Å². The van der Waals surface area contributed by atoms with Gasteiger partial charge in [0.15, 0.2) is 11.6 Å². The number of phenolic OH excluding ortho intramolecular Hbond substituents is 1. The van der Waals surface area contributed by atoms with E-state index in [1.807, 2.05) is 12.1 Å². The summed E-state index contributed by atoms with van der Waals surface area (Å²) in [7, 11) is 0. The van der Waals surface area contributed by atoms with Crippen LogP contribution < -0.4 is 5.73 Å². The van der Waals surface area contributed by atoms with E-state index in [0.717, 1.165) is 32.0 Å². The van der Waals surface area contributed by atoms with Gasteiger partial charge in [-0.2, -0.15) is 0 Å². The van der Waals surface area contributed by atoms with E-state index >= 15 is 0 Å². The number of phenols is 1. The molecule has 0 saturated carbocycles. The summed E-state index contributed by atoms with van der Waals surface area (Å²) in [6.07, 6.45) is 0. The Morgan fingerprint density at radius 2 is 1.93 bits per heavy atom. The standard InChI is InChI=1S/C11H9Br2NS.C7H5F2NO2/c1-7-4-2-3-5-8(7)10-11(13)15-9(6-12)14-10;8-3-1-2-4(11)6(9)5(3)7(10)12/h2-5H,6H2,1H3;1-2,11H,(H2,10,12). The van der Waals surface area contributed by atoms with E-state index in [2.05, 4.69) is 61.6 Å². The lowest BCUT2D eigenvalue weighted by molar-refractivity contribution is 0.0991. The number of amides is 1. The summed E-state index contributed by atoms with van der Waals surface area (Å²) in [5, 5.41) is 10.6. The van der Waals surface area contributed by atoms with Crippen molar-refractivity contribution < 1.29 is 18.7 Å². The first-order chi connectivity index (χ1) is 12.8. The highest BCUT2D eigenvalue weighted by molar-refractivity contribution is 9.11. The van der Waals surface area contributed by atoms with Crippen molar-refractivity contribution in [2.75, 3.05) is 0 Å². The van der Waals surface area contributed by atoms with Gasteiger partial charge >= 0.3 is 0 Å². The number of aryl methyl sites for hydroxylation is 1. The summed E-state index contributed by atoms with van der Waals surface area (Å²) in [5.74, 6) is -4.47. The molecular weight excluding hydrogens is 506 g/mol. The van der Waals surface area contributed by atoms with E-state index in [4.69, 9.17) is 5.11 Å². The predicted octanol–water partition coefficient (Wildman–Crippen LogP) is 5.55. The zero-order valence-corrected chi connectivity index (χ0v) is 18.0. The monoisotopic (exact) mass is 518 g/mol. The highest BCUT2D eigenvalue weighted by Crippen LogP contribution is 2.35. The third-order valence-electron chi connectivity index (χ3n) is 3.46. The number of thiazole rings is 1. The minimum Gasteiger partial charge on any atom is -0.505 e. The minimum absolute atomic E-state index is 0.762. The van der Waals surface area contributed by atoms with Crippen LogP contribution in [0.25, 0.3) is 11.3 Å². The molecule has 1 amide bonds. The van der Waals surface area contributed by atoms with Crippen LogP contribution in [0, 0.1) is 18.6 Å². The van der Waals surface area contributed by atoms with Crippen LogP contribution in [0.3, 0.4) is 0 Å². The number of nitrogens with zero attached hydrogens (tertiary/aromatic N) is 1. The van der Waals surface area contributed by atoms with Crippen LogP contribution in [-0.4, -0.2) is 16.0 Å². The van der Waals surface area contributed by atoms with E-state index in [9.17, 15) is 13.6 Å². The summed E-state index contributed by atoms with van der Waals surface area (Å²) >= 11 is 8.66. The molecule has 0 unspecified atom stereocenters. The Bertz CT molecular complexity index is 980. The highest BCUT2D eigenvalue weighted by Gasteiger charge is 2.17. The molecule has 3 N–H and O–H groups in total. The first-order valence-corrected chi connectivity index (χ1v) is 10.2. The third-order valence-corrected chi connectivity index (χ3v) is 6.07. The lowest BCUT2D eigenvalue weighted by atomic mass is 10.1. The van der Waals surface area contributed by atoms with Crippen molar-refractivity contribution in [3.05, 3.63) is 68.0 Å². The van der Waals surface area contributed by atoms with Gasteiger partial charge in [0.2, 0.25) is 0 Å². The van der Waals surface area contributed by atoms with Crippen LogP contribution in [0.15, 0.2) is 40.2 Å². The Kier molecular flexibility index (Phi) is 7.46. The van der Waals surface area contributed by atoms with Gasteiger partial charge in [-0.05, 0) is 40.5 Å². The molecule has 0 bridgehead atoms. The van der Waals surface area contributed by atoms with Crippen molar-refractivity contribution in [2.45, 2.75) is 12.3 Å². The first kappa shape index (κ1) is 21.5. The maximum atomic E-state index is 12.7. The number of hydrogen-bond acceptors (Lipinski definition) is 4. The maximum Gasteiger partial charge on any atom is 0.254 e. The molecule has 9 heteroatoms. The third kappa shape index (κ3) is 5.12. The molecule has 2 aromatic carbocycles. The van der Waals surface area contributed by atoms with Crippen LogP contribution in [-0.2, 0) is 5.33 Å². The molecule has 3 aromatic rings. The van der Waals surface area contributed by atoms with E-state index in [1.165, 1.54) is 11.1 Å². The summed E-state index contributed by atoms with van der Waals surface area (Å²) in [6.45, 7) is 2.11. The van der Waals surface area contributed by atoms with Crippen LogP contribution in [0.5, 0.6) is 5.75 Å². The lowest BCUT2D eigenvalue weighted by Crippen LogP contribution is -2.15. The number of rotatable bonds is 3. The summed E-state index contributed by atoms with van der Waals surface area (Å²) in [6, 6.07) is 9.87. The largest absolute Gasteiger partial charge is 0.505 e. The molecule has 27 heavy (non-hydrogen) atoms. The maximum absolute atomic E-state index is 12.7. The number of aromatic hydroxyl groups is 1. The van der Waals surface area contributed by atoms with E-state index in [0.29, 0.717) is 0 Å². The van der Waals surface area contributed by atoms with Gasteiger partial charge in [-0.25, -0.2) is 13.8 Å². The minimum atomic E-state index is -1.33. The van der Waals surface area contributed by atoms with E-state index < -0.39 is 28.9 Å². The van der Waals surface area contributed by atoms with Gasteiger partial charge in [-0.1, -0.05) is 40.2 Å². The van der Waals surface area contributed by atoms with Gasteiger partial charge in [-0.3, -0.25) is 4.79 Å². The Labute approximate surface area is 175 Å². The number of hydrogen-bond donors (Lipinski definition) is 2. The number of carbonyl (C=O) groups excluding carboxylic acids is 1. The molecule has 0 aliphatic heterocycles. The zero-order valence-electron chi connectivity index (χ0n) is 14.0. The van der Waals surface area contributed by atoms with Crippen molar-refractivity contribution in [3.63, 3.8) is 0 Å². The quantitative estimate of drug-likeness (QED) is 0.446. The number of nitrogens with two attached hydrogens (primary N) is 1. The van der Waals surface area contributed by atoms with E-state index in [-0.39, 0.29) is 0 Å². The average molecular weight is 520 g/mol. The number of benzene rings is 2. The second-order valence-corrected chi connectivity index (χ2v) is 8.26. The molecule has 0 aliphatic carbocycles. The fraction of sp³-hybridized carbons (Fsp3) is 0.111. The second kappa shape index (κ2) is 9.38. The van der Waals surface area contributed by atoms with Crippen LogP contribution in [0.2, 0.25) is 0 Å². The molecule has 0 aliphatic rings. The molecule has 0 radical (unpaired) electrons. The van der Waals surface area contributed by atoms with Gasteiger partial charge in [0.25, 0.3) is 5.91 Å². The molecular formula is C18H14Br2F2N2O2S. The van der Waals surface area contributed by atoms with E-state index in [1.54, 1.807) is 11.3 Å². The Morgan fingerprint density at radius 1 is 1.26 bits per heavy atom.